The highest BCUT2D eigenvalue weighted by molar-refractivity contribution is 7.89. The molecule has 1 aliphatic rings. The van der Waals surface area contributed by atoms with Gasteiger partial charge < -0.3 is 15.3 Å². The number of alkyl halides is 3. The summed E-state index contributed by atoms with van der Waals surface area (Å²) in [7, 11) is -3.22. The van der Waals surface area contributed by atoms with Crippen molar-refractivity contribution >= 4 is 21.7 Å². The number of sulfonamides is 1. The zero-order valence-electron chi connectivity index (χ0n) is 16.9. The van der Waals surface area contributed by atoms with Gasteiger partial charge in [-0.3, -0.25) is 0 Å². The second-order valence-corrected chi connectivity index (χ2v) is 9.32. The van der Waals surface area contributed by atoms with Gasteiger partial charge in [-0.15, -0.1) is 0 Å². The Morgan fingerprint density at radius 3 is 2.35 bits per heavy atom. The van der Waals surface area contributed by atoms with E-state index < -0.39 is 27.9 Å². The van der Waals surface area contributed by atoms with Crippen LogP contribution in [0.3, 0.4) is 0 Å². The molecule has 2 heterocycles. The van der Waals surface area contributed by atoms with E-state index in [1.54, 1.807) is 13.0 Å². The van der Waals surface area contributed by atoms with Crippen LogP contribution in [0.2, 0.25) is 0 Å². The van der Waals surface area contributed by atoms with E-state index in [2.05, 4.69) is 15.3 Å². The summed E-state index contributed by atoms with van der Waals surface area (Å²) >= 11 is 0. The molecule has 1 saturated heterocycles. The number of anilines is 2. The number of aromatic nitrogens is 2. The third-order valence-electron chi connectivity index (χ3n) is 5.07. The topological polar surface area (TPSA) is 98.7 Å². The van der Waals surface area contributed by atoms with E-state index in [-0.39, 0.29) is 12.3 Å². The van der Waals surface area contributed by atoms with E-state index in [0.29, 0.717) is 43.4 Å². The van der Waals surface area contributed by atoms with Gasteiger partial charge in [0.1, 0.15) is 18.0 Å². The SMILES string of the molecule is CCS(=O)(=O)N1CCN(c2cc(NCC(O)c3ccc(C(F)(F)F)cc3)ncn2)CC1. The Balaban J connectivity index is 1.57. The van der Waals surface area contributed by atoms with Crippen LogP contribution in [0.4, 0.5) is 24.8 Å². The highest BCUT2D eigenvalue weighted by atomic mass is 32.2. The predicted octanol–water partition coefficient (Wildman–Crippen LogP) is 2.11. The molecule has 2 N–H and O–H groups in total. The van der Waals surface area contributed by atoms with Crippen LogP contribution in [-0.4, -0.2) is 66.3 Å². The predicted molar refractivity (Wildman–Crippen MR) is 110 cm³/mol. The van der Waals surface area contributed by atoms with E-state index >= 15 is 0 Å². The molecule has 1 aromatic heterocycles. The number of aliphatic hydroxyl groups excluding tert-OH is 1. The Hall–Kier alpha value is -2.44. The number of piperazine rings is 1. The van der Waals surface area contributed by atoms with Crippen LogP contribution >= 0.6 is 0 Å². The Bertz CT molecular complexity index is 978. The molecular formula is C19H24F3N5O3S. The average Bonchev–Trinajstić information content (AvgIpc) is 2.77. The number of aliphatic hydroxyl groups is 1. The number of halogens is 3. The molecule has 0 amide bonds. The smallest absolute Gasteiger partial charge is 0.387 e. The van der Waals surface area contributed by atoms with E-state index in [4.69, 9.17) is 0 Å². The Morgan fingerprint density at radius 2 is 1.77 bits per heavy atom. The van der Waals surface area contributed by atoms with Crippen molar-refractivity contribution in [3.63, 3.8) is 0 Å². The number of nitrogens with one attached hydrogen (secondary N) is 1. The normalized spacial score (nSPS) is 16.9. The van der Waals surface area contributed by atoms with Crippen molar-refractivity contribution < 1.29 is 26.7 Å². The standard InChI is InChI=1S/C19H24F3N5O3S/c1-2-31(29,30)27-9-7-26(8-10-27)18-11-17(24-13-25-18)23-12-16(28)14-3-5-15(6-4-14)19(20,21)22/h3-6,11,13,16,28H,2,7-10,12H2,1H3,(H,23,24,25). The molecule has 1 atom stereocenters. The van der Waals surface area contributed by atoms with Gasteiger partial charge in [0.05, 0.1) is 17.4 Å². The van der Waals surface area contributed by atoms with Crippen LogP contribution < -0.4 is 10.2 Å². The average molecular weight is 459 g/mol. The van der Waals surface area contributed by atoms with Crippen molar-refractivity contribution in [1.82, 2.24) is 14.3 Å². The summed E-state index contributed by atoms with van der Waals surface area (Å²) in [6, 6.07) is 6.03. The lowest BCUT2D eigenvalue weighted by Crippen LogP contribution is -2.49. The lowest BCUT2D eigenvalue weighted by atomic mass is 10.1. The summed E-state index contributed by atoms with van der Waals surface area (Å²) in [5, 5.41) is 13.2. The largest absolute Gasteiger partial charge is 0.416 e. The summed E-state index contributed by atoms with van der Waals surface area (Å²) in [5.41, 5.74) is -0.424. The first-order chi connectivity index (χ1) is 14.6. The molecule has 0 radical (unpaired) electrons. The lowest BCUT2D eigenvalue weighted by Gasteiger charge is -2.34. The molecule has 1 fully saturated rings. The molecule has 1 aromatic carbocycles. The maximum atomic E-state index is 12.7. The fraction of sp³-hybridized carbons (Fsp3) is 0.474. The minimum absolute atomic E-state index is 0.0460. The van der Waals surface area contributed by atoms with Gasteiger partial charge in [0.25, 0.3) is 0 Å². The second-order valence-electron chi connectivity index (χ2n) is 7.06. The molecule has 8 nitrogen and oxygen atoms in total. The van der Waals surface area contributed by atoms with Gasteiger partial charge >= 0.3 is 6.18 Å². The van der Waals surface area contributed by atoms with E-state index in [0.717, 1.165) is 12.1 Å². The van der Waals surface area contributed by atoms with Crippen LogP contribution in [0.25, 0.3) is 0 Å². The Morgan fingerprint density at radius 1 is 1.13 bits per heavy atom. The number of nitrogens with zero attached hydrogens (tertiary/aromatic N) is 4. The van der Waals surface area contributed by atoms with Gasteiger partial charge in [0.2, 0.25) is 10.0 Å². The van der Waals surface area contributed by atoms with Crippen LogP contribution in [0, 0.1) is 0 Å². The van der Waals surface area contributed by atoms with E-state index in [1.165, 1.54) is 22.8 Å². The Labute approximate surface area is 178 Å². The summed E-state index contributed by atoms with van der Waals surface area (Å²) in [6.45, 7) is 3.38. The first kappa shape index (κ1) is 23.2. The van der Waals surface area contributed by atoms with Crippen molar-refractivity contribution in [1.29, 1.82) is 0 Å². The van der Waals surface area contributed by atoms with Crippen LogP contribution in [0.5, 0.6) is 0 Å². The molecule has 31 heavy (non-hydrogen) atoms. The van der Waals surface area contributed by atoms with Gasteiger partial charge in [-0.2, -0.15) is 17.5 Å². The molecule has 0 saturated carbocycles. The second kappa shape index (κ2) is 9.37. The molecule has 0 spiro atoms. The lowest BCUT2D eigenvalue weighted by molar-refractivity contribution is -0.137. The molecule has 0 bridgehead atoms. The summed E-state index contributed by atoms with van der Waals surface area (Å²) in [5.74, 6) is 1.13. The fourth-order valence-corrected chi connectivity index (χ4v) is 4.29. The highest BCUT2D eigenvalue weighted by Crippen LogP contribution is 2.30. The number of hydrogen-bond acceptors (Lipinski definition) is 7. The summed E-state index contributed by atoms with van der Waals surface area (Å²) < 4.78 is 63.4. The molecule has 170 valence electrons. The molecule has 0 aliphatic carbocycles. The third kappa shape index (κ3) is 5.83. The number of benzene rings is 1. The van der Waals surface area contributed by atoms with Gasteiger partial charge in [-0.25, -0.2) is 18.4 Å². The van der Waals surface area contributed by atoms with Gasteiger partial charge in [-0.1, -0.05) is 12.1 Å². The first-order valence-electron chi connectivity index (χ1n) is 9.74. The third-order valence-corrected chi connectivity index (χ3v) is 6.95. The zero-order valence-corrected chi connectivity index (χ0v) is 17.7. The van der Waals surface area contributed by atoms with E-state index in [9.17, 15) is 26.7 Å². The van der Waals surface area contributed by atoms with Crippen molar-refractivity contribution in [2.75, 3.05) is 48.7 Å². The first-order valence-corrected chi connectivity index (χ1v) is 11.3. The fourth-order valence-electron chi connectivity index (χ4n) is 3.21. The van der Waals surface area contributed by atoms with Crippen molar-refractivity contribution in [2.45, 2.75) is 19.2 Å². The number of rotatable bonds is 7. The number of hydrogen-bond donors (Lipinski definition) is 2. The molecular weight excluding hydrogens is 435 g/mol. The maximum Gasteiger partial charge on any atom is 0.416 e. The minimum atomic E-state index is -4.43. The molecule has 2 aromatic rings. The maximum absolute atomic E-state index is 12.7. The minimum Gasteiger partial charge on any atom is -0.387 e. The monoisotopic (exact) mass is 459 g/mol. The van der Waals surface area contributed by atoms with E-state index in [1.807, 2.05) is 4.90 Å². The van der Waals surface area contributed by atoms with Gasteiger partial charge in [0.15, 0.2) is 0 Å². The molecule has 12 heteroatoms. The molecule has 3 rings (SSSR count). The van der Waals surface area contributed by atoms with Crippen LogP contribution in [-0.2, 0) is 16.2 Å². The van der Waals surface area contributed by atoms with Crippen LogP contribution in [0.15, 0.2) is 36.7 Å². The van der Waals surface area contributed by atoms with Gasteiger partial charge in [-0.05, 0) is 24.6 Å². The highest BCUT2D eigenvalue weighted by Gasteiger charge is 2.30. The van der Waals surface area contributed by atoms with Crippen molar-refractivity contribution in [2.24, 2.45) is 0 Å². The molecule has 1 unspecified atom stereocenters. The summed E-state index contributed by atoms with van der Waals surface area (Å²) in [4.78, 5) is 10.3. The van der Waals surface area contributed by atoms with Crippen molar-refractivity contribution in [3.05, 3.63) is 47.8 Å². The summed E-state index contributed by atoms with van der Waals surface area (Å²) in [6.07, 6.45) is -4.09. The quantitative estimate of drug-likeness (QED) is 0.654. The van der Waals surface area contributed by atoms with Crippen molar-refractivity contribution in [3.8, 4) is 0 Å². The Kier molecular flexibility index (Phi) is 7.02. The van der Waals surface area contributed by atoms with Crippen LogP contribution in [0.1, 0.15) is 24.2 Å². The molecule has 1 aliphatic heterocycles. The zero-order chi connectivity index (χ0) is 22.6. The van der Waals surface area contributed by atoms with Gasteiger partial charge in [0, 0.05) is 38.8 Å².